The molecule has 0 atom stereocenters. The highest BCUT2D eigenvalue weighted by Crippen LogP contribution is 2.26. The summed E-state index contributed by atoms with van der Waals surface area (Å²) in [6.45, 7) is 2.16. The first-order chi connectivity index (χ1) is 9.02. The number of ether oxygens (including phenoxy) is 1. The maximum absolute atomic E-state index is 13.1. The van der Waals surface area contributed by atoms with Gasteiger partial charge < -0.3 is 4.74 Å². The molecule has 6 heteroatoms. The Hall–Kier alpha value is -0.790. The summed E-state index contributed by atoms with van der Waals surface area (Å²) in [6, 6.07) is 4.48. The predicted octanol–water partition coefficient (Wildman–Crippen LogP) is 4.00. The van der Waals surface area contributed by atoms with E-state index in [0.717, 1.165) is 20.4 Å². The smallest absolute Gasteiger partial charge is 0.161 e. The largest absolute Gasteiger partial charge is 0.378 e. The Morgan fingerprint density at radius 3 is 2.74 bits per heavy atom. The van der Waals surface area contributed by atoms with E-state index < -0.39 is 0 Å². The second-order valence-corrected chi connectivity index (χ2v) is 5.43. The van der Waals surface area contributed by atoms with Crippen molar-refractivity contribution in [1.82, 2.24) is 9.97 Å². The number of hydrogen-bond donors (Lipinski definition) is 0. The standard InChI is InChI=1S/C13H11ClFIN2O/c1-7-5-8(15)3-4-9(7)13-17-10(6-19-2)11(16)12(14)18-13/h3-5H,6H2,1-2H3. The molecule has 0 bridgehead atoms. The number of halogens is 3. The molecule has 2 rings (SSSR count). The Bertz CT molecular complexity index is 622. The lowest BCUT2D eigenvalue weighted by Gasteiger charge is -2.09. The molecule has 3 nitrogen and oxygen atoms in total. The number of methoxy groups -OCH3 is 1. The maximum Gasteiger partial charge on any atom is 0.161 e. The number of aromatic nitrogens is 2. The van der Waals surface area contributed by atoms with E-state index >= 15 is 0 Å². The number of aryl methyl sites for hydroxylation is 1. The van der Waals surface area contributed by atoms with Crippen molar-refractivity contribution in [3.63, 3.8) is 0 Å². The fraction of sp³-hybridized carbons (Fsp3) is 0.231. The first-order valence-corrected chi connectivity index (χ1v) is 6.96. The molecule has 2 aromatic rings. The Balaban J connectivity index is 2.56. The SMILES string of the molecule is COCc1nc(-c2ccc(F)cc2C)nc(Cl)c1I. The summed E-state index contributed by atoms with van der Waals surface area (Å²) in [6.07, 6.45) is 0. The average Bonchev–Trinajstić information content (AvgIpc) is 2.35. The van der Waals surface area contributed by atoms with Crippen LogP contribution in [0.2, 0.25) is 5.15 Å². The summed E-state index contributed by atoms with van der Waals surface area (Å²) < 4.78 is 19.0. The summed E-state index contributed by atoms with van der Waals surface area (Å²) >= 11 is 8.18. The molecule has 0 saturated heterocycles. The quantitative estimate of drug-likeness (QED) is 0.585. The molecule has 0 N–H and O–H groups in total. The van der Waals surface area contributed by atoms with Crippen LogP contribution in [0.15, 0.2) is 18.2 Å². The van der Waals surface area contributed by atoms with Crippen molar-refractivity contribution >= 4 is 34.2 Å². The van der Waals surface area contributed by atoms with Gasteiger partial charge in [-0.1, -0.05) is 11.6 Å². The third kappa shape index (κ3) is 3.21. The maximum atomic E-state index is 13.1. The number of benzene rings is 1. The third-order valence-electron chi connectivity index (χ3n) is 2.59. The van der Waals surface area contributed by atoms with Crippen LogP contribution in [0.5, 0.6) is 0 Å². The van der Waals surface area contributed by atoms with Gasteiger partial charge in [0.05, 0.1) is 15.9 Å². The topological polar surface area (TPSA) is 35.0 Å². The van der Waals surface area contributed by atoms with Crippen molar-refractivity contribution in [3.05, 3.63) is 44.0 Å². The third-order valence-corrected chi connectivity index (χ3v) is 4.32. The summed E-state index contributed by atoms with van der Waals surface area (Å²) in [4.78, 5) is 8.68. The van der Waals surface area contributed by atoms with E-state index in [1.54, 1.807) is 13.2 Å². The van der Waals surface area contributed by atoms with Crippen LogP contribution < -0.4 is 0 Å². The van der Waals surface area contributed by atoms with Gasteiger partial charge in [-0.15, -0.1) is 0 Å². The molecular weight excluding hydrogens is 382 g/mol. The zero-order valence-electron chi connectivity index (χ0n) is 10.4. The molecule has 0 radical (unpaired) electrons. The zero-order valence-corrected chi connectivity index (χ0v) is 13.3. The van der Waals surface area contributed by atoms with E-state index in [9.17, 15) is 4.39 Å². The minimum atomic E-state index is -0.282. The van der Waals surface area contributed by atoms with Gasteiger partial charge in [-0.25, -0.2) is 14.4 Å². The molecule has 0 unspecified atom stereocenters. The fourth-order valence-corrected chi connectivity index (χ4v) is 2.28. The van der Waals surface area contributed by atoms with Crippen LogP contribution in [-0.4, -0.2) is 17.1 Å². The lowest BCUT2D eigenvalue weighted by atomic mass is 10.1. The predicted molar refractivity (Wildman–Crippen MR) is 80.6 cm³/mol. The molecule has 19 heavy (non-hydrogen) atoms. The lowest BCUT2D eigenvalue weighted by Crippen LogP contribution is -2.02. The molecule has 0 saturated carbocycles. The molecule has 0 fully saturated rings. The van der Waals surface area contributed by atoms with Crippen LogP contribution in [0.25, 0.3) is 11.4 Å². The molecule has 100 valence electrons. The minimum Gasteiger partial charge on any atom is -0.378 e. The molecule has 0 aliphatic carbocycles. The van der Waals surface area contributed by atoms with Gasteiger partial charge in [-0.05, 0) is 53.3 Å². The molecule has 1 heterocycles. The second kappa shape index (κ2) is 6.11. The highest BCUT2D eigenvalue weighted by molar-refractivity contribution is 14.1. The van der Waals surface area contributed by atoms with Gasteiger partial charge >= 0.3 is 0 Å². The normalized spacial score (nSPS) is 10.8. The Labute approximate surface area is 129 Å². The number of nitrogens with zero attached hydrogens (tertiary/aromatic N) is 2. The first-order valence-electron chi connectivity index (χ1n) is 5.50. The van der Waals surface area contributed by atoms with E-state index in [1.807, 2.05) is 6.92 Å². The molecule has 1 aromatic carbocycles. The summed E-state index contributed by atoms with van der Waals surface area (Å²) in [5.41, 5.74) is 2.25. The molecular formula is C13H11ClFIN2O. The summed E-state index contributed by atoms with van der Waals surface area (Å²) in [5.74, 6) is 0.199. The van der Waals surface area contributed by atoms with Crippen LogP contribution in [-0.2, 0) is 11.3 Å². The van der Waals surface area contributed by atoms with E-state index in [-0.39, 0.29) is 5.82 Å². The average molecular weight is 393 g/mol. The van der Waals surface area contributed by atoms with Gasteiger partial charge in [-0.2, -0.15) is 0 Å². The zero-order chi connectivity index (χ0) is 14.0. The highest BCUT2D eigenvalue weighted by Gasteiger charge is 2.13. The number of rotatable bonds is 3. The minimum absolute atomic E-state index is 0.282. The van der Waals surface area contributed by atoms with E-state index in [2.05, 4.69) is 32.6 Å². The Morgan fingerprint density at radius 1 is 1.37 bits per heavy atom. The molecule has 0 aliphatic rings. The monoisotopic (exact) mass is 392 g/mol. The van der Waals surface area contributed by atoms with Gasteiger partial charge in [0.1, 0.15) is 11.0 Å². The van der Waals surface area contributed by atoms with E-state index in [4.69, 9.17) is 16.3 Å². The Morgan fingerprint density at radius 2 is 2.11 bits per heavy atom. The van der Waals surface area contributed by atoms with Gasteiger partial charge in [0.2, 0.25) is 0 Å². The van der Waals surface area contributed by atoms with Gasteiger partial charge in [-0.3, -0.25) is 0 Å². The first kappa shape index (κ1) is 14.6. The van der Waals surface area contributed by atoms with Crippen LogP contribution in [0.1, 0.15) is 11.3 Å². The van der Waals surface area contributed by atoms with Crippen molar-refractivity contribution in [1.29, 1.82) is 0 Å². The second-order valence-electron chi connectivity index (χ2n) is 3.99. The molecule has 0 aliphatic heterocycles. The van der Waals surface area contributed by atoms with Crippen LogP contribution in [0.3, 0.4) is 0 Å². The van der Waals surface area contributed by atoms with Gasteiger partial charge in [0.15, 0.2) is 5.82 Å². The van der Waals surface area contributed by atoms with Crippen LogP contribution >= 0.6 is 34.2 Å². The van der Waals surface area contributed by atoms with Gasteiger partial charge in [0.25, 0.3) is 0 Å². The van der Waals surface area contributed by atoms with Gasteiger partial charge in [0, 0.05) is 12.7 Å². The van der Waals surface area contributed by atoms with Crippen molar-refractivity contribution < 1.29 is 9.13 Å². The molecule has 1 aromatic heterocycles. The molecule has 0 spiro atoms. The number of hydrogen-bond acceptors (Lipinski definition) is 3. The molecule has 0 amide bonds. The highest BCUT2D eigenvalue weighted by atomic mass is 127. The van der Waals surface area contributed by atoms with Crippen molar-refractivity contribution in [2.24, 2.45) is 0 Å². The fourth-order valence-electron chi connectivity index (χ4n) is 1.69. The van der Waals surface area contributed by atoms with Crippen molar-refractivity contribution in [2.45, 2.75) is 13.5 Å². The van der Waals surface area contributed by atoms with E-state index in [1.165, 1.54) is 12.1 Å². The van der Waals surface area contributed by atoms with Crippen molar-refractivity contribution in [3.8, 4) is 11.4 Å². The van der Waals surface area contributed by atoms with Crippen molar-refractivity contribution in [2.75, 3.05) is 7.11 Å². The summed E-state index contributed by atoms with van der Waals surface area (Å²) in [7, 11) is 1.59. The summed E-state index contributed by atoms with van der Waals surface area (Å²) in [5, 5.41) is 0.376. The lowest BCUT2D eigenvalue weighted by molar-refractivity contribution is 0.181. The Kier molecular flexibility index (Phi) is 4.70. The van der Waals surface area contributed by atoms with E-state index in [0.29, 0.717) is 17.6 Å². The van der Waals surface area contributed by atoms with Crippen LogP contribution in [0.4, 0.5) is 4.39 Å². The van der Waals surface area contributed by atoms with Crippen LogP contribution in [0, 0.1) is 16.3 Å².